The molecule has 2 heterocycles. The molecule has 0 atom stereocenters. The zero-order valence-corrected chi connectivity index (χ0v) is 13.4. The number of pyridine rings is 1. The maximum atomic E-state index is 5.51. The van der Waals surface area contributed by atoms with Crippen LogP contribution in [0.4, 0.5) is 0 Å². The largest absolute Gasteiger partial charge is 0.339 e. The summed E-state index contributed by atoms with van der Waals surface area (Å²) >= 11 is 0. The van der Waals surface area contributed by atoms with Gasteiger partial charge < -0.3 is 4.52 Å². The molecule has 0 amide bonds. The van der Waals surface area contributed by atoms with Crippen molar-refractivity contribution in [3.63, 3.8) is 0 Å². The Balaban J connectivity index is 1.55. The quantitative estimate of drug-likeness (QED) is 0.705. The summed E-state index contributed by atoms with van der Waals surface area (Å²) in [7, 11) is 0. The standard InChI is InChI=1S/C18H25N3O/c1-2-3-4-5-14-6-8-16(9-7-14)18-20-17(21-22-18)15-10-12-19-13-11-15/h10-14,16H,2-9H2,1H3. The molecule has 4 nitrogen and oxygen atoms in total. The molecule has 0 N–H and O–H groups in total. The maximum absolute atomic E-state index is 5.51. The lowest BCUT2D eigenvalue weighted by atomic mass is 9.79. The molecule has 1 saturated carbocycles. The van der Waals surface area contributed by atoms with Crippen LogP contribution in [0, 0.1) is 5.92 Å². The van der Waals surface area contributed by atoms with Gasteiger partial charge in [0.1, 0.15) is 0 Å². The van der Waals surface area contributed by atoms with Crippen LogP contribution in [-0.4, -0.2) is 15.1 Å². The topological polar surface area (TPSA) is 51.8 Å². The highest BCUT2D eigenvalue weighted by atomic mass is 16.5. The van der Waals surface area contributed by atoms with Gasteiger partial charge in [-0.1, -0.05) is 37.8 Å². The van der Waals surface area contributed by atoms with Crippen molar-refractivity contribution in [2.24, 2.45) is 5.92 Å². The third-order valence-corrected chi connectivity index (χ3v) is 4.79. The third kappa shape index (κ3) is 3.73. The monoisotopic (exact) mass is 299 g/mol. The smallest absolute Gasteiger partial charge is 0.230 e. The Hall–Kier alpha value is -1.71. The summed E-state index contributed by atoms with van der Waals surface area (Å²) in [6, 6.07) is 3.83. The maximum Gasteiger partial charge on any atom is 0.230 e. The lowest BCUT2D eigenvalue weighted by Gasteiger charge is -2.26. The molecule has 2 aromatic heterocycles. The van der Waals surface area contributed by atoms with Crippen LogP contribution in [0.3, 0.4) is 0 Å². The predicted octanol–water partition coefficient (Wildman–Crippen LogP) is 4.99. The first-order valence-electron chi connectivity index (χ1n) is 8.60. The van der Waals surface area contributed by atoms with E-state index in [2.05, 4.69) is 22.0 Å². The first-order valence-corrected chi connectivity index (χ1v) is 8.60. The van der Waals surface area contributed by atoms with Crippen LogP contribution < -0.4 is 0 Å². The van der Waals surface area contributed by atoms with Crippen LogP contribution in [0.2, 0.25) is 0 Å². The van der Waals surface area contributed by atoms with E-state index >= 15 is 0 Å². The molecule has 4 heteroatoms. The van der Waals surface area contributed by atoms with Crippen molar-refractivity contribution in [1.29, 1.82) is 0 Å². The Labute approximate surface area is 132 Å². The SMILES string of the molecule is CCCCCC1CCC(c2nc(-c3ccncc3)no2)CC1. The number of rotatable bonds is 6. The van der Waals surface area contributed by atoms with Gasteiger partial charge in [0.05, 0.1) is 0 Å². The zero-order chi connectivity index (χ0) is 15.2. The highest BCUT2D eigenvalue weighted by Crippen LogP contribution is 2.37. The number of unbranched alkanes of at least 4 members (excludes halogenated alkanes) is 2. The van der Waals surface area contributed by atoms with E-state index in [1.54, 1.807) is 12.4 Å². The molecule has 0 spiro atoms. The molecule has 0 unspecified atom stereocenters. The van der Waals surface area contributed by atoms with E-state index in [1.807, 2.05) is 12.1 Å². The highest BCUT2D eigenvalue weighted by molar-refractivity contribution is 5.52. The van der Waals surface area contributed by atoms with Crippen LogP contribution in [0.15, 0.2) is 29.0 Å². The van der Waals surface area contributed by atoms with E-state index in [4.69, 9.17) is 4.52 Å². The molecular formula is C18H25N3O. The molecule has 0 radical (unpaired) electrons. The van der Waals surface area contributed by atoms with Crippen molar-refractivity contribution in [2.75, 3.05) is 0 Å². The molecule has 118 valence electrons. The summed E-state index contributed by atoms with van der Waals surface area (Å²) in [6.45, 7) is 2.27. The molecule has 0 aliphatic heterocycles. The summed E-state index contributed by atoms with van der Waals surface area (Å²) < 4.78 is 5.51. The molecule has 3 rings (SSSR count). The van der Waals surface area contributed by atoms with Crippen LogP contribution in [-0.2, 0) is 0 Å². The van der Waals surface area contributed by atoms with Gasteiger partial charge in [0, 0.05) is 23.9 Å². The van der Waals surface area contributed by atoms with E-state index in [0.29, 0.717) is 11.7 Å². The summed E-state index contributed by atoms with van der Waals surface area (Å²) in [4.78, 5) is 8.62. The van der Waals surface area contributed by atoms with Crippen molar-refractivity contribution in [3.8, 4) is 11.4 Å². The third-order valence-electron chi connectivity index (χ3n) is 4.79. The van der Waals surface area contributed by atoms with Gasteiger partial charge >= 0.3 is 0 Å². The first kappa shape index (κ1) is 15.2. The number of hydrogen-bond acceptors (Lipinski definition) is 4. The molecule has 1 fully saturated rings. The van der Waals surface area contributed by atoms with Crippen LogP contribution in [0.5, 0.6) is 0 Å². The highest BCUT2D eigenvalue weighted by Gasteiger charge is 2.26. The van der Waals surface area contributed by atoms with Gasteiger partial charge in [0.25, 0.3) is 0 Å². The molecule has 2 aromatic rings. The molecule has 0 aromatic carbocycles. The fourth-order valence-electron chi connectivity index (χ4n) is 3.40. The molecule has 1 aliphatic carbocycles. The molecule has 0 saturated heterocycles. The normalized spacial score (nSPS) is 21.9. The van der Waals surface area contributed by atoms with E-state index in [0.717, 1.165) is 17.4 Å². The van der Waals surface area contributed by atoms with Gasteiger partial charge in [-0.2, -0.15) is 4.98 Å². The summed E-state index contributed by atoms with van der Waals surface area (Å²) in [5, 5.41) is 4.13. The van der Waals surface area contributed by atoms with Crippen molar-refractivity contribution in [3.05, 3.63) is 30.4 Å². The Morgan fingerprint density at radius 3 is 2.59 bits per heavy atom. The number of nitrogens with zero attached hydrogens (tertiary/aromatic N) is 3. The van der Waals surface area contributed by atoms with Gasteiger partial charge in [-0.3, -0.25) is 4.98 Å². The van der Waals surface area contributed by atoms with Crippen molar-refractivity contribution < 1.29 is 4.52 Å². The second kappa shape index (κ2) is 7.52. The Bertz CT molecular complexity index is 559. The van der Waals surface area contributed by atoms with Crippen molar-refractivity contribution in [1.82, 2.24) is 15.1 Å². The van der Waals surface area contributed by atoms with E-state index in [1.165, 1.54) is 51.4 Å². The van der Waals surface area contributed by atoms with Crippen LogP contribution in [0.25, 0.3) is 11.4 Å². The van der Waals surface area contributed by atoms with Crippen LogP contribution >= 0.6 is 0 Å². The minimum absolute atomic E-state index is 0.450. The van der Waals surface area contributed by atoms with Gasteiger partial charge in [0.2, 0.25) is 11.7 Å². The van der Waals surface area contributed by atoms with Gasteiger partial charge in [-0.15, -0.1) is 0 Å². The average Bonchev–Trinajstić information content (AvgIpc) is 3.07. The van der Waals surface area contributed by atoms with Gasteiger partial charge in [-0.05, 0) is 43.7 Å². The second-order valence-corrected chi connectivity index (χ2v) is 6.41. The number of hydrogen-bond donors (Lipinski definition) is 0. The average molecular weight is 299 g/mol. The minimum atomic E-state index is 0.450. The van der Waals surface area contributed by atoms with E-state index in [9.17, 15) is 0 Å². The molecule has 0 bridgehead atoms. The number of aromatic nitrogens is 3. The lowest BCUT2D eigenvalue weighted by molar-refractivity contribution is 0.259. The van der Waals surface area contributed by atoms with Gasteiger partial charge in [0.15, 0.2) is 0 Å². The summed E-state index contributed by atoms with van der Waals surface area (Å²) in [5.41, 5.74) is 0.971. The van der Waals surface area contributed by atoms with Gasteiger partial charge in [-0.25, -0.2) is 0 Å². The fourth-order valence-corrected chi connectivity index (χ4v) is 3.40. The minimum Gasteiger partial charge on any atom is -0.339 e. The van der Waals surface area contributed by atoms with Crippen LogP contribution in [0.1, 0.15) is 70.1 Å². The Kier molecular flexibility index (Phi) is 5.20. The molecule has 22 heavy (non-hydrogen) atoms. The van der Waals surface area contributed by atoms with Crippen molar-refractivity contribution in [2.45, 2.75) is 64.2 Å². The van der Waals surface area contributed by atoms with Crippen molar-refractivity contribution >= 4 is 0 Å². The first-order chi connectivity index (χ1) is 10.9. The summed E-state index contributed by atoms with van der Waals surface area (Å²) in [6.07, 6.45) is 14.0. The lowest BCUT2D eigenvalue weighted by Crippen LogP contribution is -2.13. The fraction of sp³-hybridized carbons (Fsp3) is 0.611. The molecular weight excluding hydrogens is 274 g/mol. The van der Waals surface area contributed by atoms with E-state index in [-0.39, 0.29) is 0 Å². The predicted molar refractivity (Wildman–Crippen MR) is 86.4 cm³/mol. The Morgan fingerprint density at radius 1 is 1.09 bits per heavy atom. The second-order valence-electron chi connectivity index (χ2n) is 6.41. The zero-order valence-electron chi connectivity index (χ0n) is 13.4. The summed E-state index contributed by atoms with van der Waals surface area (Å²) in [5.74, 6) is 2.86. The Morgan fingerprint density at radius 2 is 1.86 bits per heavy atom. The van der Waals surface area contributed by atoms with E-state index < -0.39 is 0 Å². The molecule has 1 aliphatic rings.